The number of fused-ring (bicyclic) bond motifs is 1. The fourth-order valence-corrected chi connectivity index (χ4v) is 4.18. The first-order chi connectivity index (χ1) is 17.6. The van der Waals surface area contributed by atoms with E-state index >= 15 is 0 Å². The van der Waals surface area contributed by atoms with Crippen molar-refractivity contribution in [3.8, 4) is 22.8 Å². The van der Waals surface area contributed by atoms with Crippen molar-refractivity contribution >= 4 is 17.5 Å². The predicted molar refractivity (Wildman–Crippen MR) is 136 cm³/mol. The summed E-state index contributed by atoms with van der Waals surface area (Å²) in [5.74, 6) is 2.68. The Morgan fingerprint density at radius 1 is 0.944 bits per heavy atom. The van der Waals surface area contributed by atoms with Crippen LogP contribution in [0.25, 0.3) is 11.3 Å². The van der Waals surface area contributed by atoms with Gasteiger partial charge >= 0.3 is 0 Å². The van der Waals surface area contributed by atoms with E-state index in [-0.39, 0.29) is 18.4 Å². The number of hydrogen-bond acceptors (Lipinski definition) is 5. The monoisotopic (exact) mass is 482 g/mol. The van der Waals surface area contributed by atoms with Crippen LogP contribution in [0.3, 0.4) is 0 Å². The van der Waals surface area contributed by atoms with Gasteiger partial charge in [0.15, 0.2) is 6.61 Å². The maximum atomic E-state index is 13.0. The molecule has 3 aromatic carbocycles. The quantitative estimate of drug-likeness (QED) is 0.393. The highest BCUT2D eigenvalue weighted by atomic mass is 16.5. The summed E-state index contributed by atoms with van der Waals surface area (Å²) in [6, 6.07) is 25.8. The molecule has 2 heterocycles. The van der Waals surface area contributed by atoms with E-state index in [4.69, 9.17) is 13.9 Å². The van der Waals surface area contributed by atoms with Gasteiger partial charge in [-0.2, -0.15) is 0 Å². The molecule has 1 aliphatic rings. The largest absolute Gasteiger partial charge is 0.497 e. The molecular weight excluding hydrogens is 456 g/mol. The highest BCUT2D eigenvalue weighted by molar-refractivity contribution is 5.94. The molecule has 182 valence electrons. The van der Waals surface area contributed by atoms with Crippen LogP contribution in [-0.4, -0.2) is 37.0 Å². The first kappa shape index (κ1) is 23.2. The zero-order valence-electron chi connectivity index (χ0n) is 19.9. The van der Waals surface area contributed by atoms with E-state index in [1.807, 2.05) is 53.4 Å². The minimum Gasteiger partial charge on any atom is -0.497 e. The molecule has 0 atom stereocenters. The zero-order valence-corrected chi connectivity index (χ0v) is 19.9. The zero-order chi connectivity index (χ0) is 24.9. The summed E-state index contributed by atoms with van der Waals surface area (Å²) in [7, 11) is 1.60. The smallest absolute Gasteiger partial charge is 0.262 e. The van der Waals surface area contributed by atoms with Gasteiger partial charge in [-0.25, -0.2) is 0 Å². The molecular formula is C29H26N2O5. The SMILES string of the molecule is COc1ccc(C(=O)N2CCc3oc(-c4cccc(NC(=O)COc5ccccc5)c4)cc3C2)cc1. The first-order valence-corrected chi connectivity index (χ1v) is 11.7. The van der Waals surface area contributed by atoms with E-state index in [9.17, 15) is 9.59 Å². The third kappa shape index (κ3) is 5.25. The van der Waals surface area contributed by atoms with Crippen molar-refractivity contribution in [2.75, 3.05) is 25.6 Å². The average Bonchev–Trinajstić information content (AvgIpc) is 3.36. The molecule has 0 saturated heterocycles. The van der Waals surface area contributed by atoms with Gasteiger partial charge in [0.1, 0.15) is 23.0 Å². The van der Waals surface area contributed by atoms with E-state index in [1.54, 1.807) is 43.5 Å². The second kappa shape index (κ2) is 10.4. The fourth-order valence-electron chi connectivity index (χ4n) is 4.18. The number of nitrogens with one attached hydrogen (secondary N) is 1. The summed E-state index contributed by atoms with van der Waals surface area (Å²) in [5, 5.41) is 2.86. The molecule has 0 unspecified atom stereocenters. The van der Waals surface area contributed by atoms with Crippen molar-refractivity contribution in [3.63, 3.8) is 0 Å². The molecule has 1 aromatic heterocycles. The highest BCUT2D eigenvalue weighted by Gasteiger charge is 2.25. The molecule has 4 aromatic rings. The Morgan fingerprint density at radius 3 is 2.53 bits per heavy atom. The van der Waals surface area contributed by atoms with E-state index in [2.05, 4.69) is 5.32 Å². The lowest BCUT2D eigenvalue weighted by Crippen LogP contribution is -2.35. The van der Waals surface area contributed by atoms with Gasteiger partial charge in [-0.15, -0.1) is 0 Å². The Morgan fingerprint density at radius 2 is 1.75 bits per heavy atom. The average molecular weight is 483 g/mol. The van der Waals surface area contributed by atoms with E-state index in [0.717, 1.165) is 16.9 Å². The molecule has 0 fully saturated rings. The van der Waals surface area contributed by atoms with E-state index in [1.165, 1.54) is 0 Å². The van der Waals surface area contributed by atoms with Gasteiger partial charge in [-0.1, -0.05) is 30.3 Å². The maximum absolute atomic E-state index is 13.0. The number of para-hydroxylation sites is 1. The summed E-state index contributed by atoms with van der Waals surface area (Å²) >= 11 is 0. The van der Waals surface area contributed by atoms with Crippen LogP contribution in [0.1, 0.15) is 21.7 Å². The maximum Gasteiger partial charge on any atom is 0.262 e. The normalized spacial score (nSPS) is 12.5. The molecule has 5 rings (SSSR count). The molecule has 0 saturated carbocycles. The number of rotatable bonds is 7. The molecule has 36 heavy (non-hydrogen) atoms. The lowest BCUT2D eigenvalue weighted by atomic mass is 10.1. The van der Waals surface area contributed by atoms with Crippen LogP contribution >= 0.6 is 0 Å². The van der Waals surface area contributed by atoms with Gasteiger partial charge in [0.05, 0.1) is 7.11 Å². The standard InChI is InChI=1S/C29H26N2O5/c1-34-24-12-10-20(11-13-24)29(33)31-15-14-26-22(18-31)17-27(36-26)21-6-5-7-23(16-21)30-28(32)19-35-25-8-3-2-4-9-25/h2-13,16-17H,14-15,18-19H2,1H3,(H,30,32). The number of amides is 2. The third-order valence-corrected chi connectivity index (χ3v) is 6.03. The third-order valence-electron chi connectivity index (χ3n) is 6.03. The second-order valence-electron chi connectivity index (χ2n) is 8.49. The fraction of sp³-hybridized carbons (Fsp3) is 0.172. The van der Waals surface area contributed by atoms with Gasteiger partial charge in [-0.3, -0.25) is 9.59 Å². The van der Waals surface area contributed by atoms with Crippen molar-refractivity contribution in [1.29, 1.82) is 0 Å². The van der Waals surface area contributed by atoms with Crippen LogP contribution in [0.4, 0.5) is 5.69 Å². The number of ether oxygens (including phenoxy) is 2. The number of benzene rings is 3. The van der Waals surface area contributed by atoms with Crippen LogP contribution in [0, 0.1) is 0 Å². The molecule has 1 aliphatic heterocycles. The summed E-state index contributed by atoms with van der Waals surface area (Å²) < 4.78 is 16.8. The number of hydrogen-bond donors (Lipinski definition) is 1. The molecule has 7 heteroatoms. The van der Waals surface area contributed by atoms with Crippen LogP contribution in [0.15, 0.2) is 89.3 Å². The summed E-state index contributed by atoms with van der Waals surface area (Å²) in [4.78, 5) is 27.1. The minimum absolute atomic E-state index is 0.0199. The highest BCUT2D eigenvalue weighted by Crippen LogP contribution is 2.31. The van der Waals surface area contributed by atoms with Crippen molar-refractivity contribution in [2.24, 2.45) is 0 Å². The molecule has 0 aliphatic carbocycles. The predicted octanol–water partition coefficient (Wildman–Crippen LogP) is 5.17. The molecule has 0 bridgehead atoms. The summed E-state index contributed by atoms with van der Waals surface area (Å²) in [5.41, 5.74) is 3.12. The van der Waals surface area contributed by atoms with Crippen LogP contribution in [0.5, 0.6) is 11.5 Å². The lowest BCUT2D eigenvalue weighted by molar-refractivity contribution is -0.118. The number of anilines is 1. The van der Waals surface area contributed by atoms with Gasteiger partial charge < -0.3 is 24.1 Å². The Balaban J connectivity index is 1.24. The topological polar surface area (TPSA) is 81.0 Å². The number of carbonyl (C=O) groups excluding carboxylic acids is 2. The minimum atomic E-state index is -0.248. The molecule has 0 radical (unpaired) electrons. The van der Waals surface area contributed by atoms with Crippen molar-refractivity contribution in [1.82, 2.24) is 4.90 Å². The van der Waals surface area contributed by atoms with Gasteiger partial charge in [0, 0.05) is 41.9 Å². The van der Waals surface area contributed by atoms with Gasteiger partial charge in [0.2, 0.25) is 0 Å². The van der Waals surface area contributed by atoms with Gasteiger partial charge in [0.25, 0.3) is 11.8 Å². The summed E-state index contributed by atoms with van der Waals surface area (Å²) in [6.45, 7) is 0.987. The van der Waals surface area contributed by atoms with Crippen molar-refractivity contribution < 1.29 is 23.5 Å². The van der Waals surface area contributed by atoms with E-state index in [0.29, 0.717) is 48.0 Å². The van der Waals surface area contributed by atoms with Crippen molar-refractivity contribution in [2.45, 2.75) is 13.0 Å². The Hall–Kier alpha value is -4.52. The molecule has 7 nitrogen and oxygen atoms in total. The van der Waals surface area contributed by atoms with Crippen molar-refractivity contribution in [3.05, 3.63) is 102 Å². The Labute approximate surface area is 209 Å². The van der Waals surface area contributed by atoms with Crippen LogP contribution < -0.4 is 14.8 Å². The second-order valence-corrected chi connectivity index (χ2v) is 8.49. The van der Waals surface area contributed by atoms with Gasteiger partial charge in [-0.05, 0) is 54.6 Å². The Kier molecular flexibility index (Phi) is 6.71. The molecule has 2 amide bonds. The lowest BCUT2D eigenvalue weighted by Gasteiger charge is -2.26. The molecule has 0 spiro atoms. The van der Waals surface area contributed by atoms with Crippen LogP contribution in [-0.2, 0) is 17.8 Å². The number of furan rings is 1. The number of carbonyl (C=O) groups is 2. The number of nitrogens with zero attached hydrogens (tertiary/aromatic N) is 1. The van der Waals surface area contributed by atoms with Crippen LogP contribution in [0.2, 0.25) is 0 Å². The Bertz CT molecular complexity index is 1360. The molecule has 1 N–H and O–H groups in total. The van der Waals surface area contributed by atoms with E-state index < -0.39 is 0 Å². The summed E-state index contributed by atoms with van der Waals surface area (Å²) in [6.07, 6.45) is 0.643. The number of methoxy groups -OCH3 is 1. The first-order valence-electron chi connectivity index (χ1n) is 11.7.